The topological polar surface area (TPSA) is 72.2 Å². The van der Waals surface area contributed by atoms with Crippen molar-refractivity contribution in [2.24, 2.45) is 11.3 Å². The summed E-state index contributed by atoms with van der Waals surface area (Å²) < 4.78 is 0. The number of non-ortho nitro benzene ring substituents is 1. The van der Waals surface area contributed by atoms with Gasteiger partial charge in [-0.25, -0.2) is 0 Å². The van der Waals surface area contributed by atoms with Crippen molar-refractivity contribution in [3.8, 4) is 0 Å². The number of hydrogen-bond acceptors (Lipinski definition) is 3. The number of carbonyl (C=O) groups excluding carboxylic acids is 1. The van der Waals surface area contributed by atoms with Crippen molar-refractivity contribution in [1.82, 2.24) is 0 Å². The molecule has 1 aliphatic carbocycles. The Hall–Kier alpha value is -1.91. The van der Waals surface area contributed by atoms with Gasteiger partial charge in [0.15, 0.2) is 0 Å². The molecule has 1 atom stereocenters. The van der Waals surface area contributed by atoms with Gasteiger partial charge >= 0.3 is 0 Å². The van der Waals surface area contributed by atoms with Gasteiger partial charge in [0.05, 0.1) is 10.8 Å². The molecule has 1 amide bonds. The summed E-state index contributed by atoms with van der Waals surface area (Å²) >= 11 is 0. The Bertz CT molecular complexity index is 600. The number of rotatable bonds is 2. The number of hydrogen-bond donors (Lipinski definition) is 1. The van der Waals surface area contributed by atoms with Gasteiger partial charge in [-0.05, 0) is 48.6 Å². The van der Waals surface area contributed by atoms with Crippen LogP contribution in [0.3, 0.4) is 0 Å². The van der Waals surface area contributed by atoms with E-state index in [2.05, 4.69) is 19.2 Å². The molecule has 112 valence electrons. The van der Waals surface area contributed by atoms with Crippen LogP contribution in [-0.2, 0) is 4.79 Å². The summed E-state index contributed by atoms with van der Waals surface area (Å²) in [6, 6.07) is 4.67. The normalized spacial score (nSPS) is 24.5. The van der Waals surface area contributed by atoms with Crippen LogP contribution in [0.2, 0.25) is 0 Å². The number of amides is 1. The van der Waals surface area contributed by atoms with Crippen molar-refractivity contribution in [1.29, 1.82) is 0 Å². The van der Waals surface area contributed by atoms with Crippen molar-refractivity contribution >= 4 is 17.3 Å². The van der Waals surface area contributed by atoms with Crippen LogP contribution in [0.1, 0.15) is 51.0 Å². The number of nitro benzene ring substituents is 1. The van der Waals surface area contributed by atoms with Gasteiger partial charge in [0.2, 0.25) is 5.91 Å². The van der Waals surface area contributed by atoms with Gasteiger partial charge in [0.25, 0.3) is 5.69 Å². The lowest BCUT2D eigenvalue weighted by atomic mass is 9.68. The zero-order valence-electron chi connectivity index (χ0n) is 12.4. The van der Waals surface area contributed by atoms with E-state index in [0.29, 0.717) is 11.3 Å². The highest BCUT2D eigenvalue weighted by molar-refractivity contribution is 6.03. The first-order chi connectivity index (χ1) is 9.87. The molecule has 0 bridgehead atoms. The maximum Gasteiger partial charge on any atom is 0.269 e. The summed E-state index contributed by atoms with van der Waals surface area (Å²) in [5.41, 5.74) is 1.95. The number of benzene rings is 1. The molecule has 5 heteroatoms. The van der Waals surface area contributed by atoms with Gasteiger partial charge in [0, 0.05) is 17.8 Å². The molecule has 1 aromatic rings. The molecule has 5 nitrogen and oxygen atoms in total. The molecule has 0 spiro atoms. The highest BCUT2D eigenvalue weighted by Crippen LogP contribution is 2.47. The van der Waals surface area contributed by atoms with Crippen molar-refractivity contribution in [2.45, 2.75) is 45.4 Å². The number of carbonyl (C=O) groups is 1. The third kappa shape index (κ3) is 2.52. The predicted octanol–water partition coefficient (Wildman–Crippen LogP) is 3.85. The highest BCUT2D eigenvalue weighted by atomic mass is 16.6. The maximum absolute atomic E-state index is 12.3. The lowest BCUT2D eigenvalue weighted by Gasteiger charge is -2.36. The molecular formula is C16H20N2O3. The van der Waals surface area contributed by atoms with Crippen LogP contribution in [0.5, 0.6) is 0 Å². The predicted molar refractivity (Wildman–Crippen MR) is 80.2 cm³/mol. The number of fused-ring (bicyclic) bond motifs is 1. The quantitative estimate of drug-likeness (QED) is 0.663. The number of nitrogens with one attached hydrogen (secondary N) is 1. The van der Waals surface area contributed by atoms with Crippen LogP contribution in [0.25, 0.3) is 0 Å². The number of nitrogens with zero attached hydrogens (tertiary/aromatic N) is 1. The third-order valence-corrected chi connectivity index (χ3v) is 4.98. The second-order valence-corrected chi connectivity index (χ2v) is 7.00. The Morgan fingerprint density at radius 1 is 1.29 bits per heavy atom. The minimum Gasteiger partial charge on any atom is -0.325 e. The molecule has 1 N–H and O–H groups in total. The van der Waals surface area contributed by atoms with E-state index in [1.807, 2.05) is 0 Å². The lowest BCUT2D eigenvalue weighted by molar-refractivity contribution is -0.384. The Morgan fingerprint density at radius 2 is 1.95 bits per heavy atom. The summed E-state index contributed by atoms with van der Waals surface area (Å²) in [5.74, 6) is 0.0625. The zero-order chi connectivity index (χ0) is 15.2. The molecule has 1 aliphatic heterocycles. The van der Waals surface area contributed by atoms with Crippen LogP contribution < -0.4 is 5.32 Å². The van der Waals surface area contributed by atoms with Gasteiger partial charge in [-0.15, -0.1) is 0 Å². The monoisotopic (exact) mass is 288 g/mol. The van der Waals surface area contributed by atoms with Crippen LogP contribution in [0, 0.1) is 21.4 Å². The van der Waals surface area contributed by atoms with Gasteiger partial charge in [-0.2, -0.15) is 0 Å². The van der Waals surface area contributed by atoms with Crippen molar-refractivity contribution in [2.75, 3.05) is 5.32 Å². The molecule has 0 aromatic heterocycles. The smallest absolute Gasteiger partial charge is 0.269 e. The van der Waals surface area contributed by atoms with Crippen molar-refractivity contribution in [3.05, 3.63) is 33.9 Å². The molecule has 3 rings (SSSR count). The number of anilines is 1. The number of nitro groups is 1. The molecule has 21 heavy (non-hydrogen) atoms. The minimum absolute atomic E-state index is 0.00444. The fourth-order valence-corrected chi connectivity index (χ4v) is 3.61. The summed E-state index contributed by atoms with van der Waals surface area (Å²) in [6.45, 7) is 4.52. The Morgan fingerprint density at radius 3 is 2.57 bits per heavy atom. The molecule has 1 saturated carbocycles. The SMILES string of the molecule is CC1(C)CCC(C2C(=O)Nc3ccc([N+](=O)[O-])cc32)CC1. The fourth-order valence-electron chi connectivity index (χ4n) is 3.61. The molecule has 1 heterocycles. The van der Waals surface area contributed by atoms with E-state index in [1.165, 1.54) is 6.07 Å². The molecular weight excluding hydrogens is 268 g/mol. The zero-order valence-corrected chi connectivity index (χ0v) is 12.4. The first kappa shape index (κ1) is 14.0. The highest BCUT2D eigenvalue weighted by Gasteiger charge is 2.40. The Kier molecular flexibility index (Phi) is 3.23. The molecule has 1 fully saturated rings. The maximum atomic E-state index is 12.3. The first-order valence-electron chi connectivity index (χ1n) is 7.47. The summed E-state index contributed by atoms with van der Waals surface area (Å²) in [4.78, 5) is 22.8. The van der Waals surface area contributed by atoms with Crippen molar-refractivity contribution < 1.29 is 9.72 Å². The molecule has 1 unspecified atom stereocenters. The molecule has 0 saturated heterocycles. The average Bonchev–Trinajstić information content (AvgIpc) is 2.74. The van der Waals surface area contributed by atoms with E-state index in [4.69, 9.17) is 0 Å². The van der Waals surface area contributed by atoms with E-state index in [1.54, 1.807) is 12.1 Å². The third-order valence-electron chi connectivity index (χ3n) is 4.98. The van der Waals surface area contributed by atoms with E-state index < -0.39 is 4.92 Å². The summed E-state index contributed by atoms with van der Waals surface area (Å²) in [7, 11) is 0. The van der Waals surface area contributed by atoms with Gasteiger partial charge in [0.1, 0.15) is 0 Å². The van der Waals surface area contributed by atoms with Crippen LogP contribution in [0.4, 0.5) is 11.4 Å². The lowest BCUT2D eigenvalue weighted by Crippen LogP contribution is -2.28. The van der Waals surface area contributed by atoms with Crippen LogP contribution >= 0.6 is 0 Å². The molecule has 0 radical (unpaired) electrons. The van der Waals surface area contributed by atoms with E-state index in [9.17, 15) is 14.9 Å². The minimum atomic E-state index is -0.399. The molecule has 1 aromatic carbocycles. The van der Waals surface area contributed by atoms with Gasteiger partial charge in [-0.1, -0.05) is 13.8 Å². The average molecular weight is 288 g/mol. The Balaban J connectivity index is 1.89. The van der Waals surface area contributed by atoms with Crippen LogP contribution in [-0.4, -0.2) is 10.8 Å². The Labute approximate surface area is 123 Å². The second-order valence-electron chi connectivity index (χ2n) is 7.00. The van der Waals surface area contributed by atoms with E-state index >= 15 is 0 Å². The summed E-state index contributed by atoms with van der Waals surface area (Å²) in [6.07, 6.45) is 4.22. The van der Waals surface area contributed by atoms with Crippen molar-refractivity contribution in [3.63, 3.8) is 0 Å². The largest absolute Gasteiger partial charge is 0.325 e. The summed E-state index contributed by atoms with van der Waals surface area (Å²) in [5, 5.41) is 13.8. The second kappa shape index (κ2) is 4.83. The van der Waals surface area contributed by atoms with E-state index in [0.717, 1.165) is 36.9 Å². The fraction of sp³-hybridized carbons (Fsp3) is 0.562. The van der Waals surface area contributed by atoms with Gasteiger partial charge < -0.3 is 5.32 Å². The standard InChI is InChI=1S/C16H20N2O3/c1-16(2)7-5-10(6-8-16)14-12-9-11(18(20)21)3-4-13(12)17-15(14)19/h3-4,9-10,14H,5-8H2,1-2H3,(H,17,19). The van der Waals surface area contributed by atoms with Crippen LogP contribution in [0.15, 0.2) is 18.2 Å². The van der Waals surface area contributed by atoms with Gasteiger partial charge in [-0.3, -0.25) is 14.9 Å². The molecule has 2 aliphatic rings. The first-order valence-corrected chi connectivity index (χ1v) is 7.47. The van der Waals surface area contributed by atoms with E-state index in [-0.39, 0.29) is 17.5 Å².